The molecule has 0 spiro atoms. The molecule has 8 heteroatoms. The van der Waals surface area contributed by atoms with Gasteiger partial charge in [0.25, 0.3) is 0 Å². The van der Waals surface area contributed by atoms with Gasteiger partial charge in [-0.1, -0.05) is 32.6 Å². The number of benzene rings is 1. The number of aromatic nitrogens is 4. The van der Waals surface area contributed by atoms with Crippen molar-refractivity contribution in [2.75, 3.05) is 12.4 Å². The molecule has 0 unspecified atom stereocenters. The maximum Gasteiger partial charge on any atom is 0.316 e. The van der Waals surface area contributed by atoms with Crippen LogP contribution in [-0.4, -0.2) is 27.0 Å². The first-order valence-electron chi connectivity index (χ1n) is 10.2. The summed E-state index contributed by atoms with van der Waals surface area (Å²) in [5.74, 6) is 0.815. The van der Waals surface area contributed by atoms with E-state index >= 15 is 0 Å². The molecule has 0 aliphatic rings. The van der Waals surface area contributed by atoms with Crippen LogP contribution in [0.5, 0.6) is 6.01 Å². The molecule has 0 aliphatic carbocycles. The molecule has 3 aromatic heterocycles. The number of fused-ring (bicyclic) bond motifs is 1. The second-order valence-corrected chi connectivity index (χ2v) is 7.93. The first-order valence-corrected chi connectivity index (χ1v) is 11.1. The van der Waals surface area contributed by atoms with E-state index in [0.29, 0.717) is 6.01 Å². The molecule has 0 radical (unpaired) electrons. The highest BCUT2D eigenvalue weighted by molar-refractivity contribution is 7.14. The lowest BCUT2D eigenvalue weighted by atomic mass is 10.1. The topological polar surface area (TPSA) is 86.0 Å². The molecular formula is C22H25N5O2S. The SMILES string of the molecule is CCCCCCCc1nc2cc(Nc3nc(-c4cnc(OC)nc4)cs3)ccc2o1. The number of unbranched alkanes of at least 4 members (excludes halogenated alkanes) is 4. The van der Waals surface area contributed by atoms with Gasteiger partial charge in [0.1, 0.15) is 5.52 Å². The molecular weight excluding hydrogens is 398 g/mol. The number of oxazole rings is 1. The predicted molar refractivity (Wildman–Crippen MR) is 119 cm³/mol. The van der Waals surface area contributed by atoms with Crippen LogP contribution in [0.1, 0.15) is 44.9 Å². The minimum absolute atomic E-state index is 0.341. The molecule has 4 aromatic rings. The highest BCUT2D eigenvalue weighted by Crippen LogP contribution is 2.28. The number of thiazole rings is 1. The van der Waals surface area contributed by atoms with Crippen molar-refractivity contribution < 1.29 is 9.15 Å². The fourth-order valence-corrected chi connectivity index (χ4v) is 3.92. The molecule has 1 N–H and O–H groups in total. The van der Waals surface area contributed by atoms with Gasteiger partial charge in [0.15, 0.2) is 16.6 Å². The Hall–Kier alpha value is -3.00. The molecule has 156 valence electrons. The third-order valence-corrected chi connectivity index (χ3v) is 5.55. The van der Waals surface area contributed by atoms with E-state index in [0.717, 1.165) is 51.9 Å². The first-order chi connectivity index (χ1) is 14.7. The third kappa shape index (κ3) is 4.94. The van der Waals surface area contributed by atoms with Crippen molar-refractivity contribution in [3.05, 3.63) is 41.9 Å². The molecule has 0 aliphatic heterocycles. The molecule has 0 saturated carbocycles. The lowest BCUT2D eigenvalue weighted by Crippen LogP contribution is -1.92. The molecule has 0 bridgehead atoms. The van der Waals surface area contributed by atoms with Crippen molar-refractivity contribution in [3.63, 3.8) is 0 Å². The van der Waals surface area contributed by atoms with Crippen LogP contribution >= 0.6 is 11.3 Å². The summed E-state index contributed by atoms with van der Waals surface area (Å²) in [7, 11) is 1.54. The number of rotatable bonds is 10. The fraction of sp³-hybridized carbons (Fsp3) is 0.364. The Balaban J connectivity index is 1.40. The van der Waals surface area contributed by atoms with Crippen molar-refractivity contribution in [1.82, 2.24) is 19.9 Å². The van der Waals surface area contributed by atoms with Gasteiger partial charge in [0.2, 0.25) is 0 Å². The van der Waals surface area contributed by atoms with Crippen LogP contribution in [0.3, 0.4) is 0 Å². The van der Waals surface area contributed by atoms with E-state index in [2.05, 4.69) is 32.2 Å². The quantitative estimate of drug-likeness (QED) is 0.313. The summed E-state index contributed by atoms with van der Waals surface area (Å²) in [4.78, 5) is 17.5. The van der Waals surface area contributed by atoms with Crippen LogP contribution < -0.4 is 10.1 Å². The second kappa shape index (κ2) is 9.67. The van der Waals surface area contributed by atoms with E-state index in [1.54, 1.807) is 19.5 Å². The van der Waals surface area contributed by atoms with E-state index in [4.69, 9.17) is 9.15 Å². The van der Waals surface area contributed by atoms with Crippen molar-refractivity contribution >= 4 is 33.3 Å². The number of aryl methyl sites for hydroxylation is 1. The number of methoxy groups -OCH3 is 1. The van der Waals surface area contributed by atoms with Crippen LogP contribution in [0, 0.1) is 0 Å². The van der Waals surface area contributed by atoms with Crippen molar-refractivity contribution in [2.24, 2.45) is 0 Å². The molecule has 3 heterocycles. The Morgan fingerprint density at radius 1 is 1.07 bits per heavy atom. The van der Waals surface area contributed by atoms with Crippen molar-refractivity contribution in [1.29, 1.82) is 0 Å². The summed E-state index contributed by atoms with van der Waals surface area (Å²) < 4.78 is 10.9. The van der Waals surface area contributed by atoms with Gasteiger partial charge >= 0.3 is 6.01 Å². The molecule has 0 amide bonds. The van der Waals surface area contributed by atoms with Crippen LogP contribution in [-0.2, 0) is 6.42 Å². The molecule has 30 heavy (non-hydrogen) atoms. The van der Waals surface area contributed by atoms with Gasteiger partial charge in [-0.3, -0.25) is 0 Å². The molecule has 0 saturated heterocycles. The first kappa shape index (κ1) is 20.3. The summed E-state index contributed by atoms with van der Waals surface area (Å²) in [5, 5.41) is 6.11. The average molecular weight is 424 g/mol. The number of ether oxygens (including phenoxy) is 1. The van der Waals surface area contributed by atoms with Crippen molar-refractivity contribution in [2.45, 2.75) is 45.4 Å². The summed E-state index contributed by atoms with van der Waals surface area (Å²) in [6.45, 7) is 2.23. The third-order valence-electron chi connectivity index (χ3n) is 4.79. The van der Waals surface area contributed by atoms with Crippen LogP contribution in [0.25, 0.3) is 22.4 Å². The van der Waals surface area contributed by atoms with Crippen LogP contribution in [0.2, 0.25) is 0 Å². The van der Waals surface area contributed by atoms with Crippen molar-refractivity contribution in [3.8, 4) is 17.3 Å². The maximum absolute atomic E-state index is 5.88. The van der Waals surface area contributed by atoms with Gasteiger partial charge in [-0.05, 0) is 24.6 Å². The number of hydrogen-bond acceptors (Lipinski definition) is 8. The predicted octanol–water partition coefficient (Wildman–Crippen LogP) is 6.01. The Kier molecular flexibility index (Phi) is 6.53. The highest BCUT2D eigenvalue weighted by Gasteiger charge is 2.09. The number of hydrogen-bond donors (Lipinski definition) is 1. The monoisotopic (exact) mass is 423 g/mol. The van der Waals surface area contributed by atoms with E-state index in [-0.39, 0.29) is 0 Å². The van der Waals surface area contributed by atoms with Gasteiger partial charge < -0.3 is 14.5 Å². The minimum atomic E-state index is 0.341. The van der Waals surface area contributed by atoms with Gasteiger partial charge in [0.05, 0.1) is 12.8 Å². The minimum Gasteiger partial charge on any atom is -0.467 e. The maximum atomic E-state index is 5.88. The van der Waals surface area contributed by atoms with Gasteiger partial charge in [-0.15, -0.1) is 11.3 Å². The number of nitrogens with zero attached hydrogens (tertiary/aromatic N) is 4. The normalized spacial score (nSPS) is 11.1. The molecule has 0 fully saturated rings. The van der Waals surface area contributed by atoms with Crippen LogP contribution in [0.4, 0.5) is 10.8 Å². The zero-order valence-corrected chi connectivity index (χ0v) is 18.0. The Bertz CT molecular complexity index is 1090. The lowest BCUT2D eigenvalue weighted by Gasteiger charge is -2.01. The van der Waals surface area contributed by atoms with E-state index < -0.39 is 0 Å². The zero-order valence-electron chi connectivity index (χ0n) is 17.2. The van der Waals surface area contributed by atoms with E-state index in [1.807, 2.05) is 23.6 Å². The molecule has 0 atom stereocenters. The molecule has 1 aromatic carbocycles. The fourth-order valence-electron chi connectivity index (χ4n) is 3.18. The Morgan fingerprint density at radius 3 is 2.70 bits per heavy atom. The Labute approximate surface area is 179 Å². The van der Waals surface area contributed by atoms with Crippen LogP contribution in [0.15, 0.2) is 40.4 Å². The molecule has 7 nitrogen and oxygen atoms in total. The summed E-state index contributed by atoms with van der Waals surface area (Å²) in [5.41, 5.74) is 4.27. The largest absolute Gasteiger partial charge is 0.467 e. The van der Waals surface area contributed by atoms with Gasteiger partial charge in [0, 0.05) is 35.4 Å². The zero-order chi connectivity index (χ0) is 20.8. The second-order valence-electron chi connectivity index (χ2n) is 7.08. The average Bonchev–Trinajstić information content (AvgIpc) is 3.40. The number of anilines is 2. The van der Waals surface area contributed by atoms with E-state index in [9.17, 15) is 0 Å². The summed E-state index contributed by atoms with van der Waals surface area (Å²) >= 11 is 1.52. The standard InChI is InChI=1S/C22H25N5O2S/c1-3-4-5-6-7-8-20-26-17-11-16(9-10-19(17)29-20)25-22-27-18(14-30-22)15-12-23-21(28-2)24-13-15/h9-14H,3-8H2,1-2H3,(H,25,27). The highest BCUT2D eigenvalue weighted by atomic mass is 32.1. The van der Waals surface area contributed by atoms with Gasteiger partial charge in [-0.25, -0.2) is 19.9 Å². The molecule has 4 rings (SSSR count). The number of nitrogens with one attached hydrogen (secondary N) is 1. The summed E-state index contributed by atoms with van der Waals surface area (Å²) in [6.07, 6.45) is 10.5. The summed E-state index contributed by atoms with van der Waals surface area (Å²) in [6, 6.07) is 6.28. The smallest absolute Gasteiger partial charge is 0.316 e. The van der Waals surface area contributed by atoms with Gasteiger partial charge in [-0.2, -0.15) is 0 Å². The van der Waals surface area contributed by atoms with E-state index in [1.165, 1.54) is 37.0 Å². The lowest BCUT2D eigenvalue weighted by molar-refractivity contribution is 0.380. The Morgan fingerprint density at radius 2 is 1.90 bits per heavy atom.